The minimum atomic E-state index is -4.14. The average molecular weight is 555 g/mol. The van der Waals surface area contributed by atoms with Gasteiger partial charge < -0.3 is 19.5 Å². The van der Waals surface area contributed by atoms with Gasteiger partial charge in [0.25, 0.3) is 17.1 Å². The van der Waals surface area contributed by atoms with Crippen molar-refractivity contribution in [2.24, 2.45) is 0 Å². The number of carbonyl (C=O) groups is 3. The number of allylic oxidation sites excluding steroid dienone is 2. The number of β-lactam (4-membered cyclic amide) rings is 1. The zero-order valence-electron chi connectivity index (χ0n) is 19.5. The molecule has 1 aliphatic rings. The van der Waals surface area contributed by atoms with Gasteiger partial charge in [-0.15, -0.1) is 0 Å². The van der Waals surface area contributed by atoms with Crippen molar-refractivity contribution in [3.63, 3.8) is 0 Å². The lowest BCUT2D eigenvalue weighted by molar-refractivity contribution is -0.147. The second-order valence-corrected chi connectivity index (χ2v) is 11.6. The van der Waals surface area contributed by atoms with Crippen LogP contribution in [0.15, 0.2) is 70.9 Å². The minimum absolute atomic E-state index is 0.000766. The Labute approximate surface area is 216 Å². The predicted octanol–water partition coefficient (Wildman–Crippen LogP) is 2.49. The topological polar surface area (TPSA) is 128 Å². The van der Waals surface area contributed by atoms with Gasteiger partial charge in [-0.1, -0.05) is 30.3 Å². The van der Waals surface area contributed by atoms with E-state index in [1.165, 1.54) is 39.3 Å². The molecule has 2 amide bonds. The van der Waals surface area contributed by atoms with Gasteiger partial charge in [-0.05, 0) is 42.8 Å². The van der Waals surface area contributed by atoms with Gasteiger partial charge >= 0.3 is 0 Å². The smallest absolute Gasteiger partial charge is 0.272 e. The number of halogens is 1. The molecule has 2 aromatic carbocycles. The van der Waals surface area contributed by atoms with E-state index in [1.807, 2.05) is 0 Å². The highest BCUT2D eigenvalue weighted by Gasteiger charge is 2.54. The number of ether oxygens (including phenoxy) is 3. The number of likely N-dealkylation sites (tertiary alicyclic amines) is 1. The van der Waals surface area contributed by atoms with Gasteiger partial charge in [-0.3, -0.25) is 19.3 Å². The molecule has 1 fully saturated rings. The Bertz CT molecular complexity index is 1280. The van der Waals surface area contributed by atoms with E-state index in [0.717, 1.165) is 4.90 Å². The van der Waals surface area contributed by atoms with Crippen molar-refractivity contribution in [1.29, 1.82) is 0 Å². The van der Waals surface area contributed by atoms with Crippen LogP contribution >= 0.6 is 22.4 Å². The maximum Gasteiger partial charge on any atom is 0.272 e. The predicted molar refractivity (Wildman–Crippen MR) is 133 cm³/mol. The second kappa shape index (κ2) is 11.7. The summed E-state index contributed by atoms with van der Waals surface area (Å²) in [4.78, 5) is 38.5. The molecule has 13 heteroatoms. The monoisotopic (exact) mass is 554 g/mol. The number of hydrogen-bond donors (Lipinski definition) is 1. The molecule has 2 atom stereocenters. The molecule has 1 aliphatic heterocycles. The molecule has 0 radical (unpaired) electrons. The molecule has 192 valence electrons. The first-order valence-corrected chi connectivity index (χ1v) is 13.7. The van der Waals surface area contributed by atoms with Gasteiger partial charge in [0.2, 0.25) is 8.87 Å². The second-order valence-electron chi connectivity index (χ2n) is 7.33. The number of amides is 2. The third kappa shape index (κ3) is 5.94. The van der Waals surface area contributed by atoms with Crippen LogP contribution in [0.2, 0.25) is 0 Å². The molecule has 1 saturated heterocycles. The van der Waals surface area contributed by atoms with Crippen molar-refractivity contribution in [1.82, 2.24) is 10.2 Å². The molecular formula is C23H23ClN2O8S2. The molecular weight excluding hydrogens is 532 g/mol. The number of nitrogens with zero attached hydrogens (tertiary/aromatic N) is 1. The average Bonchev–Trinajstić information content (AvgIpc) is 2.88. The van der Waals surface area contributed by atoms with Crippen molar-refractivity contribution in [3.8, 4) is 11.5 Å². The molecule has 1 N–H and O–H groups in total. The lowest BCUT2D eigenvalue weighted by Gasteiger charge is -2.46. The van der Waals surface area contributed by atoms with Crippen molar-refractivity contribution in [2.75, 3.05) is 20.8 Å². The van der Waals surface area contributed by atoms with Crippen LogP contribution in [0.4, 0.5) is 0 Å². The molecule has 0 aliphatic carbocycles. The van der Waals surface area contributed by atoms with Crippen LogP contribution < -0.4 is 14.8 Å². The normalized spacial score (nSPS) is 18.0. The fourth-order valence-corrected chi connectivity index (χ4v) is 7.24. The Morgan fingerprint density at radius 3 is 2.33 bits per heavy atom. The number of carbonyl (C=O) groups excluding carboxylic acids is 3. The third-order valence-electron chi connectivity index (χ3n) is 5.10. The zero-order valence-corrected chi connectivity index (χ0v) is 21.9. The highest BCUT2D eigenvalue weighted by atomic mass is 35.5. The Morgan fingerprint density at radius 2 is 1.72 bits per heavy atom. The van der Waals surface area contributed by atoms with Crippen molar-refractivity contribution < 1.29 is 37.0 Å². The summed E-state index contributed by atoms with van der Waals surface area (Å²) >= 11 is 5.71. The first kappa shape index (κ1) is 27.4. The number of para-hydroxylation sites is 2. The van der Waals surface area contributed by atoms with Gasteiger partial charge in [-0.25, -0.2) is 8.42 Å². The summed E-state index contributed by atoms with van der Waals surface area (Å²) in [5.74, 6) is -0.871. The quantitative estimate of drug-likeness (QED) is 0.146. The molecule has 2 aromatic rings. The molecule has 0 saturated carbocycles. The van der Waals surface area contributed by atoms with Crippen LogP contribution in [0.25, 0.3) is 0 Å². The Balaban J connectivity index is 1.89. The Hall–Kier alpha value is -3.22. The molecule has 2 unspecified atom stereocenters. The van der Waals surface area contributed by atoms with Crippen molar-refractivity contribution >= 4 is 48.3 Å². The summed E-state index contributed by atoms with van der Waals surface area (Å²) in [5.41, 5.74) is -0.331. The third-order valence-corrected chi connectivity index (χ3v) is 8.98. The van der Waals surface area contributed by atoms with E-state index >= 15 is 0 Å². The van der Waals surface area contributed by atoms with E-state index in [-0.39, 0.29) is 22.1 Å². The summed E-state index contributed by atoms with van der Waals surface area (Å²) in [6.45, 7) is 0.984. The minimum Gasteiger partial charge on any atom is -0.499 e. The lowest BCUT2D eigenvalue weighted by Crippen LogP contribution is -2.70. The van der Waals surface area contributed by atoms with E-state index < -0.39 is 43.9 Å². The standard InChI is InChI=1S/C23H23ClN2O8S2/c1-14(32-2)20(21(24)28)26-22(29)19(25-18(27)13-34-15-9-5-4-6-10-15)23(26)35-36(30,31)17-12-8-7-11-16(17)33-3/h4-12,19,23H,13H2,1-3H3,(H,25,27). The molecule has 3 rings (SSSR count). The zero-order chi connectivity index (χ0) is 26.5. The Kier molecular flexibility index (Phi) is 8.88. The first-order valence-electron chi connectivity index (χ1n) is 10.4. The first-order chi connectivity index (χ1) is 17.1. The maximum absolute atomic E-state index is 13.3. The van der Waals surface area contributed by atoms with Gasteiger partial charge in [0.1, 0.15) is 39.3 Å². The molecule has 36 heavy (non-hydrogen) atoms. The molecule has 0 bridgehead atoms. The number of hydrogen-bond acceptors (Lipinski definition) is 9. The summed E-state index contributed by atoms with van der Waals surface area (Å²) in [6, 6.07) is 13.2. The fraction of sp³-hybridized carbons (Fsp3) is 0.261. The lowest BCUT2D eigenvalue weighted by atomic mass is 10.1. The summed E-state index contributed by atoms with van der Waals surface area (Å²) in [5, 5.41) is 0.213. The van der Waals surface area contributed by atoms with Crippen LogP contribution in [-0.4, -0.2) is 62.6 Å². The fourth-order valence-electron chi connectivity index (χ4n) is 3.32. The van der Waals surface area contributed by atoms with Crippen LogP contribution in [-0.2, 0) is 28.0 Å². The van der Waals surface area contributed by atoms with E-state index in [1.54, 1.807) is 36.4 Å². The maximum atomic E-state index is 13.3. The van der Waals surface area contributed by atoms with Gasteiger partial charge in [0, 0.05) is 10.8 Å². The largest absolute Gasteiger partial charge is 0.499 e. The summed E-state index contributed by atoms with van der Waals surface area (Å²) < 4.78 is 42.2. The number of nitrogens with one attached hydrogen (secondary N) is 1. The Morgan fingerprint density at radius 1 is 1.08 bits per heavy atom. The molecule has 1 heterocycles. The van der Waals surface area contributed by atoms with Crippen molar-refractivity contribution in [3.05, 3.63) is 66.1 Å². The SMILES string of the molecule is COC(C)=C(C(=O)Cl)N1C(=O)C(NC(=O)COc2ccccc2)C1SS(=O)(=O)c1ccccc1OC. The van der Waals surface area contributed by atoms with Crippen LogP contribution in [0.3, 0.4) is 0 Å². The van der Waals surface area contributed by atoms with E-state index in [2.05, 4.69) is 5.32 Å². The van der Waals surface area contributed by atoms with Gasteiger partial charge in [-0.2, -0.15) is 0 Å². The van der Waals surface area contributed by atoms with Gasteiger partial charge in [0.05, 0.1) is 14.2 Å². The van der Waals surface area contributed by atoms with Crippen LogP contribution in [0.1, 0.15) is 6.92 Å². The highest BCUT2D eigenvalue weighted by molar-refractivity contribution is 8.72. The van der Waals surface area contributed by atoms with E-state index in [4.69, 9.17) is 25.8 Å². The van der Waals surface area contributed by atoms with Gasteiger partial charge in [0.15, 0.2) is 6.61 Å². The van der Waals surface area contributed by atoms with Crippen LogP contribution in [0, 0.1) is 0 Å². The number of rotatable bonds is 11. The molecule has 10 nitrogen and oxygen atoms in total. The molecule has 0 spiro atoms. The summed E-state index contributed by atoms with van der Waals surface area (Å²) in [7, 11) is -1.18. The highest BCUT2D eigenvalue weighted by Crippen LogP contribution is 2.42. The summed E-state index contributed by atoms with van der Waals surface area (Å²) in [6.07, 6.45) is 0. The molecule has 0 aromatic heterocycles. The van der Waals surface area contributed by atoms with E-state index in [0.29, 0.717) is 16.5 Å². The van der Waals surface area contributed by atoms with E-state index in [9.17, 15) is 22.8 Å². The van der Waals surface area contributed by atoms with Crippen LogP contribution in [0.5, 0.6) is 11.5 Å². The number of methoxy groups -OCH3 is 2. The number of benzene rings is 2. The van der Waals surface area contributed by atoms with Crippen molar-refractivity contribution in [2.45, 2.75) is 23.2 Å².